The molecule has 0 atom stereocenters. The third kappa shape index (κ3) is 1.84. The minimum absolute atomic E-state index is 0.318. The van der Waals surface area contributed by atoms with Crippen LogP contribution in [0.25, 0.3) is 0 Å². The van der Waals surface area contributed by atoms with Crippen molar-refractivity contribution >= 4 is 0 Å². The lowest BCUT2D eigenvalue weighted by molar-refractivity contribution is -0.0443. The van der Waals surface area contributed by atoms with Crippen LogP contribution in [0, 0.1) is 0 Å². The van der Waals surface area contributed by atoms with Crippen molar-refractivity contribution in [3.8, 4) is 0 Å². The average molecular weight is 183 g/mol. The Labute approximate surface area is 75.5 Å². The van der Waals surface area contributed by atoms with Crippen LogP contribution in [0.1, 0.15) is 17.5 Å². The Bertz CT molecular complexity index is 269. The molecule has 1 aromatic heterocycles. The predicted molar refractivity (Wildman–Crippen MR) is 43.7 cm³/mol. The van der Waals surface area contributed by atoms with Crippen LogP contribution in [0.3, 0.4) is 0 Å². The first-order valence-corrected chi connectivity index (χ1v) is 4.14. The molecule has 3 nitrogen and oxygen atoms in total. The molecule has 0 unspecified atom stereocenters. The SMILES string of the molecule is FCc1ccc(C2OCCO2)cn1. The second-order valence-electron chi connectivity index (χ2n) is 2.79. The van der Waals surface area contributed by atoms with Gasteiger partial charge in [-0.15, -0.1) is 0 Å². The summed E-state index contributed by atoms with van der Waals surface area (Å²) in [4.78, 5) is 3.91. The lowest BCUT2D eigenvalue weighted by Crippen LogP contribution is -1.99. The highest BCUT2D eigenvalue weighted by Crippen LogP contribution is 2.22. The monoisotopic (exact) mass is 183 g/mol. The fraction of sp³-hybridized carbons (Fsp3) is 0.444. The second kappa shape index (κ2) is 3.81. The Hall–Kier alpha value is -1.00. The topological polar surface area (TPSA) is 31.4 Å². The minimum atomic E-state index is -0.535. The maximum absolute atomic E-state index is 12.1. The summed E-state index contributed by atoms with van der Waals surface area (Å²) in [6.07, 6.45) is 1.27. The fourth-order valence-corrected chi connectivity index (χ4v) is 1.21. The number of aromatic nitrogens is 1. The van der Waals surface area contributed by atoms with E-state index >= 15 is 0 Å². The number of hydrogen-bond acceptors (Lipinski definition) is 3. The smallest absolute Gasteiger partial charge is 0.185 e. The number of nitrogens with zero attached hydrogens (tertiary/aromatic N) is 1. The summed E-state index contributed by atoms with van der Waals surface area (Å²) in [7, 11) is 0. The molecule has 13 heavy (non-hydrogen) atoms. The van der Waals surface area contributed by atoms with Gasteiger partial charge in [-0.25, -0.2) is 4.39 Å². The van der Waals surface area contributed by atoms with Crippen LogP contribution in [0.5, 0.6) is 0 Å². The molecular weight excluding hydrogens is 173 g/mol. The summed E-state index contributed by atoms with van der Waals surface area (Å²) in [6, 6.07) is 3.41. The first-order valence-electron chi connectivity index (χ1n) is 4.14. The Morgan fingerprint density at radius 1 is 1.38 bits per heavy atom. The summed E-state index contributed by atoms with van der Waals surface area (Å²) >= 11 is 0. The van der Waals surface area contributed by atoms with Crippen molar-refractivity contribution in [2.24, 2.45) is 0 Å². The van der Waals surface area contributed by atoms with Crippen molar-refractivity contribution in [3.63, 3.8) is 0 Å². The maximum atomic E-state index is 12.1. The van der Waals surface area contributed by atoms with Gasteiger partial charge in [-0.3, -0.25) is 4.98 Å². The van der Waals surface area contributed by atoms with Gasteiger partial charge in [0.1, 0.15) is 6.67 Å². The molecule has 70 valence electrons. The number of halogens is 1. The highest BCUT2D eigenvalue weighted by atomic mass is 19.1. The van der Waals surface area contributed by atoms with E-state index in [0.717, 1.165) is 5.56 Å². The molecule has 1 fully saturated rings. The quantitative estimate of drug-likeness (QED) is 0.697. The third-order valence-corrected chi connectivity index (χ3v) is 1.88. The molecule has 0 saturated carbocycles. The van der Waals surface area contributed by atoms with E-state index in [1.807, 2.05) is 0 Å². The summed E-state index contributed by atoms with van der Waals surface area (Å²) in [6.45, 7) is 0.678. The number of ether oxygens (including phenoxy) is 2. The molecule has 0 radical (unpaired) electrons. The first kappa shape index (κ1) is 8.59. The number of hydrogen-bond donors (Lipinski definition) is 0. The normalized spacial score (nSPS) is 17.9. The van der Waals surface area contributed by atoms with Crippen LogP contribution in [0.15, 0.2) is 18.3 Å². The van der Waals surface area contributed by atoms with E-state index in [1.54, 1.807) is 18.3 Å². The molecule has 0 aromatic carbocycles. The highest BCUT2D eigenvalue weighted by molar-refractivity contribution is 5.15. The summed E-state index contributed by atoms with van der Waals surface area (Å²) in [5.74, 6) is 0. The highest BCUT2D eigenvalue weighted by Gasteiger charge is 2.18. The summed E-state index contributed by atoms with van der Waals surface area (Å²) in [5.41, 5.74) is 1.27. The van der Waals surface area contributed by atoms with Gasteiger partial charge in [0.2, 0.25) is 0 Å². The fourth-order valence-electron chi connectivity index (χ4n) is 1.21. The zero-order valence-electron chi connectivity index (χ0n) is 7.07. The predicted octanol–water partition coefficient (Wildman–Crippen LogP) is 1.60. The lowest BCUT2D eigenvalue weighted by Gasteiger charge is -2.08. The van der Waals surface area contributed by atoms with Crippen molar-refractivity contribution in [2.75, 3.05) is 13.2 Å². The van der Waals surface area contributed by atoms with Gasteiger partial charge in [0, 0.05) is 11.8 Å². The van der Waals surface area contributed by atoms with E-state index in [2.05, 4.69) is 4.98 Å². The molecule has 1 saturated heterocycles. The van der Waals surface area contributed by atoms with Crippen LogP contribution < -0.4 is 0 Å². The molecule has 0 N–H and O–H groups in total. The van der Waals surface area contributed by atoms with E-state index < -0.39 is 6.67 Å². The Balaban J connectivity index is 2.12. The van der Waals surface area contributed by atoms with Gasteiger partial charge in [0.15, 0.2) is 6.29 Å². The Kier molecular flexibility index (Phi) is 2.52. The molecule has 2 rings (SSSR count). The van der Waals surface area contributed by atoms with Gasteiger partial charge in [-0.1, -0.05) is 6.07 Å². The number of alkyl halides is 1. The summed E-state index contributed by atoms with van der Waals surface area (Å²) in [5, 5.41) is 0. The molecule has 1 aromatic rings. The van der Waals surface area contributed by atoms with Crippen molar-refractivity contribution in [3.05, 3.63) is 29.6 Å². The number of pyridine rings is 1. The Morgan fingerprint density at radius 2 is 2.15 bits per heavy atom. The van der Waals surface area contributed by atoms with E-state index in [9.17, 15) is 4.39 Å². The van der Waals surface area contributed by atoms with Gasteiger partial charge in [0.25, 0.3) is 0 Å². The second-order valence-corrected chi connectivity index (χ2v) is 2.79. The van der Waals surface area contributed by atoms with Gasteiger partial charge >= 0.3 is 0 Å². The third-order valence-electron chi connectivity index (χ3n) is 1.88. The van der Waals surface area contributed by atoms with E-state index in [4.69, 9.17) is 9.47 Å². The van der Waals surface area contributed by atoms with E-state index in [-0.39, 0.29) is 6.29 Å². The van der Waals surface area contributed by atoms with Crippen LogP contribution in [0.4, 0.5) is 4.39 Å². The van der Waals surface area contributed by atoms with Gasteiger partial charge in [-0.2, -0.15) is 0 Å². The Morgan fingerprint density at radius 3 is 2.69 bits per heavy atom. The minimum Gasteiger partial charge on any atom is -0.346 e. The van der Waals surface area contributed by atoms with Crippen molar-refractivity contribution in [1.82, 2.24) is 4.98 Å². The van der Waals surface area contributed by atoms with Crippen LogP contribution in [-0.2, 0) is 16.1 Å². The zero-order chi connectivity index (χ0) is 9.10. The molecule has 1 aliphatic rings. The molecule has 0 spiro atoms. The maximum Gasteiger partial charge on any atom is 0.185 e. The molecule has 2 heterocycles. The lowest BCUT2D eigenvalue weighted by atomic mass is 10.2. The largest absolute Gasteiger partial charge is 0.346 e. The van der Waals surface area contributed by atoms with Crippen molar-refractivity contribution < 1.29 is 13.9 Å². The molecule has 0 amide bonds. The molecule has 0 bridgehead atoms. The first-order chi connectivity index (χ1) is 6.40. The van der Waals surface area contributed by atoms with Crippen LogP contribution in [0.2, 0.25) is 0 Å². The molecule has 4 heteroatoms. The van der Waals surface area contributed by atoms with Crippen LogP contribution in [-0.4, -0.2) is 18.2 Å². The zero-order valence-corrected chi connectivity index (χ0v) is 7.07. The van der Waals surface area contributed by atoms with E-state index in [0.29, 0.717) is 18.9 Å². The number of rotatable bonds is 2. The molecule has 0 aliphatic carbocycles. The van der Waals surface area contributed by atoms with E-state index in [1.165, 1.54) is 0 Å². The summed E-state index contributed by atoms with van der Waals surface area (Å²) < 4.78 is 22.6. The molecule has 1 aliphatic heterocycles. The van der Waals surface area contributed by atoms with Crippen LogP contribution >= 0.6 is 0 Å². The van der Waals surface area contributed by atoms with Gasteiger partial charge < -0.3 is 9.47 Å². The van der Waals surface area contributed by atoms with Gasteiger partial charge in [-0.05, 0) is 6.07 Å². The van der Waals surface area contributed by atoms with Gasteiger partial charge in [0.05, 0.1) is 18.9 Å². The van der Waals surface area contributed by atoms with Crippen molar-refractivity contribution in [2.45, 2.75) is 13.0 Å². The van der Waals surface area contributed by atoms with Crippen molar-refractivity contribution in [1.29, 1.82) is 0 Å². The molecular formula is C9H10FNO2. The average Bonchev–Trinajstić information content (AvgIpc) is 2.71. The standard InChI is InChI=1S/C9H10FNO2/c10-5-8-2-1-7(6-11-8)9-12-3-4-13-9/h1-2,6,9H,3-5H2.